The summed E-state index contributed by atoms with van der Waals surface area (Å²) in [6.45, 7) is 23.0. The standard InChI is InChI=1S/C15H35NSi2/c1-10-13-16-18(12-3,14(4)11-2)17(8,9)15(5,6)7/h11,16H,10,12-13H2,1-9H3/b14-11+. The van der Waals surface area contributed by atoms with Crippen LogP contribution in [0.15, 0.2) is 11.3 Å². The van der Waals surface area contributed by atoms with Gasteiger partial charge in [-0.1, -0.05) is 59.0 Å². The third kappa shape index (κ3) is 3.17. The molecule has 0 radical (unpaired) electrons. The first-order valence-corrected chi connectivity index (χ1v) is 13.7. The number of nitrogens with one attached hydrogen (secondary N) is 1. The topological polar surface area (TPSA) is 12.0 Å². The van der Waals surface area contributed by atoms with Gasteiger partial charge in [0, 0.05) is 0 Å². The molecule has 0 aliphatic heterocycles. The van der Waals surface area contributed by atoms with Gasteiger partial charge in [0.1, 0.15) is 7.75 Å². The van der Waals surface area contributed by atoms with Gasteiger partial charge in [-0.3, -0.25) is 0 Å². The van der Waals surface area contributed by atoms with Crippen LogP contribution >= 0.6 is 0 Å². The van der Waals surface area contributed by atoms with E-state index in [1.165, 1.54) is 19.0 Å². The van der Waals surface area contributed by atoms with E-state index < -0.39 is 15.3 Å². The quantitative estimate of drug-likeness (QED) is 0.674. The monoisotopic (exact) mass is 285 g/mol. The molecule has 0 saturated heterocycles. The van der Waals surface area contributed by atoms with Crippen molar-refractivity contribution in [3.05, 3.63) is 11.3 Å². The highest BCUT2D eigenvalue weighted by Crippen LogP contribution is 2.44. The Morgan fingerprint density at radius 2 is 1.67 bits per heavy atom. The summed E-state index contributed by atoms with van der Waals surface area (Å²) < 4.78 is 0. The predicted molar refractivity (Wildman–Crippen MR) is 91.2 cm³/mol. The Labute approximate surface area is 117 Å². The molecule has 0 aromatic heterocycles. The van der Waals surface area contributed by atoms with Gasteiger partial charge in [-0.15, -0.1) is 0 Å². The van der Waals surface area contributed by atoms with Crippen molar-refractivity contribution in [1.82, 2.24) is 4.98 Å². The summed E-state index contributed by atoms with van der Waals surface area (Å²) in [6, 6.07) is 1.33. The van der Waals surface area contributed by atoms with Crippen LogP contribution in [0.4, 0.5) is 0 Å². The summed E-state index contributed by atoms with van der Waals surface area (Å²) in [5, 5.41) is 2.13. The SMILES string of the molecule is C/C=C(\C)[Si](CC)(NCCC)[Si](C)(C)C(C)(C)C. The second-order valence-corrected chi connectivity index (χ2v) is 21.8. The van der Waals surface area contributed by atoms with E-state index in [0.29, 0.717) is 5.04 Å². The first kappa shape index (κ1) is 18.1. The fraction of sp³-hybridized carbons (Fsp3) is 0.867. The maximum absolute atomic E-state index is 4.06. The summed E-state index contributed by atoms with van der Waals surface area (Å²) >= 11 is 0. The van der Waals surface area contributed by atoms with E-state index in [-0.39, 0.29) is 0 Å². The highest BCUT2D eigenvalue weighted by molar-refractivity contribution is 7.44. The average molecular weight is 286 g/mol. The number of allylic oxidation sites excluding steroid dienone is 2. The van der Waals surface area contributed by atoms with Crippen molar-refractivity contribution >= 4 is 15.3 Å². The number of rotatable bonds is 6. The maximum Gasteiger partial charge on any atom is 0.141 e. The minimum absolute atomic E-state index is 0.459. The van der Waals surface area contributed by atoms with Gasteiger partial charge in [0.2, 0.25) is 0 Å². The van der Waals surface area contributed by atoms with Crippen LogP contribution in [-0.4, -0.2) is 21.9 Å². The van der Waals surface area contributed by atoms with E-state index in [2.05, 4.69) is 72.6 Å². The van der Waals surface area contributed by atoms with Gasteiger partial charge in [-0.05, 0) is 37.9 Å². The molecule has 0 aliphatic rings. The van der Waals surface area contributed by atoms with Crippen LogP contribution in [-0.2, 0) is 0 Å². The third-order valence-corrected chi connectivity index (χ3v) is 26.1. The van der Waals surface area contributed by atoms with E-state index in [1.807, 2.05) is 0 Å². The summed E-state index contributed by atoms with van der Waals surface area (Å²) in [7, 11) is -2.85. The summed E-state index contributed by atoms with van der Waals surface area (Å²) in [6.07, 6.45) is 3.61. The van der Waals surface area contributed by atoms with Crippen LogP contribution in [0.3, 0.4) is 0 Å². The second-order valence-electron chi connectivity index (χ2n) is 7.03. The lowest BCUT2D eigenvalue weighted by molar-refractivity contribution is 0.726. The zero-order chi connectivity index (χ0) is 14.6. The molecule has 108 valence electrons. The van der Waals surface area contributed by atoms with E-state index in [1.54, 1.807) is 5.20 Å². The van der Waals surface area contributed by atoms with Crippen LogP contribution in [0.5, 0.6) is 0 Å². The Morgan fingerprint density at radius 1 is 1.17 bits per heavy atom. The van der Waals surface area contributed by atoms with Gasteiger partial charge >= 0.3 is 0 Å². The molecule has 0 aliphatic carbocycles. The maximum atomic E-state index is 4.06. The van der Waals surface area contributed by atoms with Crippen LogP contribution < -0.4 is 4.98 Å². The first-order valence-electron chi connectivity index (χ1n) is 7.49. The molecular weight excluding hydrogens is 250 g/mol. The molecule has 0 aromatic carbocycles. The molecule has 3 heteroatoms. The lowest BCUT2D eigenvalue weighted by Gasteiger charge is -2.52. The summed E-state index contributed by atoms with van der Waals surface area (Å²) in [5.74, 6) is 0. The molecule has 0 amide bonds. The van der Waals surface area contributed by atoms with Gasteiger partial charge < -0.3 is 4.98 Å². The number of hydrogen-bond acceptors (Lipinski definition) is 1. The zero-order valence-electron chi connectivity index (χ0n) is 14.2. The zero-order valence-corrected chi connectivity index (χ0v) is 16.2. The van der Waals surface area contributed by atoms with Crippen molar-refractivity contribution in [2.75, 3.05) is 6.54 Å². The van der Waals surface area contributed by atoms with Gasteiger partial charge in [-0.25, -0.2) is 0 Å². The third-order valence-electron chi connectivity index (χ3n) is 5.26. The summed E-state index contributed by atoms with van der Waals surface area (Å²) in [4.78, 5) is 4.06. The van der Waals surface area contributed by atoms with E-state index in [0.717, 1.165) is 0 Å². The Bertz CT molecular complexity index is 289. The highest BCUT2D eigenvalue weighted by Gasteiger charge is 2.54. The molecule has 1 atom stereocenters. The Kier molecular flexibility index (Phi) is 6.58. The first-order chi connectivity index (χ1) is 8.10. The fourth-order valence-corrected chi connectivity index (χ4v) is 20.4. The molecular formula is C15H35NSi2. The van der Waals surface area contributed by atoms with Crippen LogP contribution in [0.1, 0.15) is 54.9 Å². The van der Waals surface area contributed by atoms with Gasteiger partial charge in [0.25, 0.3) is 0 Å². The lowest BCUT2D eigenvalue weighted by atomic mass is 10.2. The Balaban J connectivity index is 5.72. The van der Waals surface area contributed by atoms with Crippen molar-refractivity contribution in [3.63, 3.8) is 0 Å². The fourth-order valence-electron chi connectivity index (χ4n) is 2.92. The lowest BCUT2D eigenvalue weighted by Crippen LogP contribution is -2.72. The van der Waals surface area contributed by atoms with E-state index in [4.69, 9.17) is 0 Å². The Morgan fingerprint density at radius 3 is 1.94 bits per heavy atom. The molecule has 0 heterocycles. The second kappa shape index (κ2) is 6.53. The molecule has 1 N–H and O–H groups in total. The van der Waals surface area contributed by atoms with E-state index >= 15 is 0 Å². The van der Waals surface area contributed by atoms with Gasteiger partial charge in [0.05, 0.1) is 7.59 Å². The molecule has 0 rings (SSSR count). The van der Waals surface area contributed by atoms with Gasteiger partial charge in [-0.2, -0.15) is 0 Å². The molecule has 1 unspecified atom stereocenters. The van der Waals surface area contributed by atoms with Crippen LogP contribution in [0.25, 0.3) is 0 Å². The molecule has 0 bridgehead atoms. The van der Waals surface area contributed by atoms with Crippen LogP contribution in [0, 0.1) is 0 Å². The highest BCUT2D eigenvalue weighted by atomic mass is 29.3. The normalized spacial score (nSPS) is 17.7. The Hall–Kier alpha value is 0.134. The van der Waals surface area contributed by atoms with Crippen molar-refractivity contribution in [2.24, 2.45) is 0 Å². The minimum atomic E-state index is -1.51. The molecule has 0 saturated carbocycles. The van der Waals surface area contributed by atoms with Crippen molar-refractivity contribution in [1.29, 1.82) is 0 Å². The van der Waals surface area contributed by atoms with Crippen LogP contribution in [0.2, 0.25) is 24.2 Å². The van der Waals surface area contributed by atoms with Gasteiger partial charge in [0.15, 0.2) is 0 Å². The molecule has 1 nitrogen and oxygen atoms in total. The number of hydrogen-bond donors (Lipinski definition) is 1. The largest absolute Gasteiger partial charge is 0.336 e. The van der Waals surface area contributed by atoms with Crippen molar-refractivity contribution < 1.29 is 0 Å². The smallest absolute Gasteiger partial charge is 0.141 e. The van der Waals surface area contributed by atoms with E-state index in [9.17, 15) is 0 Å². The molecule has 0 fully saturated rings. The summed E-state index contributed by atoms with van der Waals surface area (Å²) in [5.41, 5.74) is 0. The molecule has 0 aromatic rings. The molecule has 18 heavy (non-hydrogen) atoms. The predicted octanol–water partition coefficient (Wildman–Crippen LogP) is 5.04. The minimum Gasteiger partial charge on any atom is -0.336 e. The average Bonchev–Trinajstić information content (AvgIpc) is 2.28. The molecule has 0 spiro atoms. The van der Waals surface area contributed by atoms with Crippen molar-refractivity contribution in [3.8, 4) is 0 Å². The van der Waals surface area contributed by atoms with Crippen molar-refractivity contribution in [2.45, 2.75) is 79.1 Å².